The Balaban J connectivity index is 1.22. The normalized spacial score (nSPS) is 26.6. The molecule has 23 nitrogen and oxygen atoms in total. The lowest BCUT2D eigenvalue weighted by molar-refractivity contribution is -0.346. The number of Topliss-reactive ketones (excluding diaryl/α,β-unsaturated/α-hetero) is 1. The number of rotatable bonds is 37. The van der Waals surface area contributed by atoms with Crippen molar-refractivity contribution in [2.75, 3.05) is 53.1 Å². The molecule has 1 saturated heterocycles. The van der Waals surface area contributed by atoms with Crippen LogP contribution in [0.2, 0.25) is 0 Å². The average Bonchev–Trinajstić information content (AvgIpc) is 0.671. The van der Waals surface area contributed by atoms with E-state index in [0.29, 0.717) is 19.5 Å². The van der Waals surface area contributed by atoms with E-state index in [0.717, 1.165) is 39.5 Å². The summed E-state index contributed by atoms with van der Waals surface area (Å²) in [6.45, 7) is 10.6. The molecule has 6 rings (SSSR count). The molecule has 3 aliphatic carbocycles. The van der Waals surface area contributed by atoms with Gasteiger partial charge in [0.05, 0.1) is 55.4 Å². The first-order valence-corrected chi connectivity index (χ1v) is 33.9. The van der Waals surface area contributed by atoms with Gasteiger partial charge in [0.25, 0.3) is 0 Å². The zero-order valence-electron chi connectivity index (χ0n) is 54.6. The SMILES string of the molecule is CCCCCCCCCCCCCCCCC(=O)OCC(COP(=O)(O)OCCN(C)CC)OC(=O)CNC(c1ccccc1)[C@@H](O)C(=O)O[C@H]1C[C@@]2(O)[C@@H](OC(=O)c3ccccc3)C3[C@](C)(C(=O)[C@H](OC(C)=O)C(=C1C)C2(C)C)[C@@H](O)C[C@H]1OC[C@@]31OC(C)=O. The number of nitrogens with zero attached hydrogens (tertiary/aromatic N) is 1. The molecule has 3 fully saturated rings. The number of benzene rings is 2. The molecular weight excluding hydrogens is 1200 g/mol. The van der Waals surface area contributed by atoms with Gasteiger partial charge in [-0.3, -0.25) is 38.3 Å². The lowest BCUT2D eigenvalue weighted by Gasteiger charge is -2.67. The largest absolute Gasteiger partial charge is 0.472 e. The van der Waals surface area contributed by atoms with E-state index in [1.54, 1.807) is 55.6 Å². The van der Waals surface area contributed by atoms with Crippen LogP contribution in [0.15, 0.2) is 71.8 Å². The van der Waals surface area contributed by atoms with Crippen molar-refractivity contribution in [2.24, 2.45) is 16.7 Å². The number of aliphatic hydroxyl groups is 3. The van der Waals surface area contributed by atoms with Crippen molar-refractivity contribution in [3.05, 3.63) is 82.9 Å². The molecule has 0 radical (unpaired) electrons. The number of hydrogen-bond donors (Lipinski definition) is 5. The predicted molar refractivity (Wildman–Crippen MR) is 332 cm³/mol. The Bertz CT molecular complexity index is 2840. The van der Waals surface area contributed by atoms with Crippen molar-refractivity contribution in [1.82, 2.24) is 10.2 Å². The summed E-state index contributed by atoms with van der Waals surface area (Å²) in [7, 11) is -2.93. The molecule has 4 unspecified atom stereocenters. The zero-order valence-corrected chi connectivity index (χ0v) is 55.5. The van der Waals surface area contributed by atoms with E-state index >= 15 is 4.79 Å². The van der Waals surface area contributed by atoms with Crippen molar-refractivity contribution < 1.29 is 101 Å². The zero-order chi connectivity index (χ0) is 66.7. The average molecular weight is 1300 g/mol. The first-order valence-electron chi connectivity index (χ1n) is 32.4. The Kier molecular flexibility index (Phi) is 27.9. The number of carbonyl (C=O) groups excluding carboxylic acids is 7. The van der Waals surface area contributed by atoms with Crippen LogP contribution in [0.4, 0.5) is 0 Å². The molecule has 2 aromatic carbocycles. The van der Waals surface area contributed by atoms with Crippen LogP contribution in [0.3, 0.4) is 0 Å². The van der Waals surface area contributed by atoms with Crippen molar-refractivity contribution in [2.45, 2.75) is 225 Å². The number of aliphatic hydroxyl groups excluding tert-OH is 2. The Morgan fingerprint density at radius 1 is 0.791 bits per heavy atom. The Labute approximate surface area is 535 Å². The van der Waals surface area contributed by atoms with Crippen LogP contribution in [-0.4, -0.2) is 174 Å². The number of likely N-dealkylation sites (N-methyl/N-ethyl adjacent to an activating group) is 1. The van der Waals surface area contributed by atoms with Crippen LogP contribution >= 0.6 is 7.82 Å². The molecular formula is C67H99N2O21P. The van der Waals surface area contributed by atoms with Crippen LogP contribution in [0, 0.1) is 16.7 Å². The van der Waals surface area contributed by atoms with E-state index in [1.165, 1.54) is 97.6 Å². The highest BCUT2D eigenvalue weighted by atomic mass is 31.2. The van der Waals surface area contributed by atoms with E-state index in [2.05, 4.69) is 12.2 Å². The number of esters is 6. The number of hydrogen-bond acceptors (Lipinski definition) is 22. The number of nitrogens with one attached hydrogen (secondary N) is 1. The maximum absolute atomic E-state index is 15.7. The predicted octanol–water partition coefficient (Wildman–Crippen LogP) is 8.31. The molecule has 0 spiro atoms. The molecule has 2 saturated carbocycles. The molecule has 5 N–H and O–H groups in total. The minimum Gasteiger partial charge on any atom is -0.462 e. The Morgan fingerprint density at radius 3 is 1.95 bits per heavy atom. The number of ether oxygens (including phenoxy) is 7. The number of unbranched alkanes of at least 4 members (excludes halogenated alkanes) is 13. The molecule has 1 heterocycles. The molecule has 4 aliphatic rings. The third-order valence-electron chi connectivity index (χ3n) is 18.8. The van der Waals surface area contributed by atoms with Gasteiger partial charge in [-0.15, -0.1) is 0 Å². The van der Waals surface area contributed by atoms with Crippen LogP contribution < -0.4 is 5.32 Å². The fourth-order valence-corrected chi connectivity index (χ4v) is 14.1. The summed E-state index contributed by atoms with van der Waals surface area (Å²) in [5, 5.41) is 41.1. The molecule has 0 aromatic heterocycles. The quantitative estimate of drug-likeness (QED) is 0.0140. The fourth-order valence-electron chi connectivity index (χ4n) is 13.4. The highest BCUT2D eigenvalue weighted by Gasteiger charge is 2.78. The van der Waals surface area contributed by atoms with Crippen LogP contribution in [-0.2, 0) is 75.5 Å². The summed E-state index contributed by atoms with van der Waals surface area (Å²) in [5.74, 6) is -8.21. The number of ketones is 1. The second kappa shape index (κ2) is 34.1. The van der Waals surface area contributed by atoms with Gasteiger partial charge in [0, 0.05) is 45.1 Å². The third kappa shape index (κ3) is 18.9. The molecule has 13 atom stereocenters. The van der Waals surface area contributed by atoms with Gasteiger partial charge in [0.15, 0.2) is 29.7 Å². The lowest BCUT2D eigenvalue weighted by atomic mass is 9.44. The maximum atomic E-state index is 15.7. The summed E-state index contributed by atoms with van der Waals surface area (Å²) in [6.07, 6.45) is 3.38. The van der Waals surface area contributed by atoms with E-state index < -0.39 is 152 Å². The van der Waals surface area contributed by atoms with Crippen LogP contribution in [0.1, 0.15) is 187 Å². The summed E-state index contributed by atoms with van der Waals surface area (Å²) in [5.41, 5.74) is -7.87. The van der Waals surface area contributed by atoms with Gasteiger partial charge in [0.1, 0.15) is 30.5 Å². The lowest BCUT2D eigenvalue weighted by Crippen LogP contribution is -2.82. The second-order valence-electron chi connectivity index (χ2n) is 25.5. The number of phosphoric acid groups is 1. The smallest absolute Gasteiger partial charge is 0.462 e. The maximum Gasteiger partial charge on any atom is 0.472 e. The fraction of sp³-hybridized carbons (Fsp3) is 0.687. The molecule has 1 aliphatic heterocycles. The highest BCUT2D eigenvalue weighted by molar-refractivity contribution is 7.47. The van der Waals surface area contributed by atoms with Gasteiger partial charge < -0.3 is 58.3 Å². The first-order chi connectivity index (χ1) is 43.2. The van der Waals surface area contributed by atoms with E-state index in [1.807, 2.05) is 11.8 Å². The minimum atomic E-state index is -4.72. The summed E-state index contributed by atoms with van der Waals surface area (Å²) in [6, 6.07) is 14.3. The number of phosphoric ester groups is 1. The van der Waals surface area contributed by atoms with Gasteiger partial charge in [0.2, 0.25) is 0 Å². The van der Waals surface area contributed by atoms with Gasteiger partial charge in [-0.1, -0.05) is 160 Å². The van der Waals surface area contributed by atoms with Crippen molar-refractivity contribution in [1.29, 1.82) is 0 Å². The molecule has 2 bridgehead atoms. The van der Waals surface area contributed by atoms with E-state index in [-0.39, 0.29) is 48.3 Å². The topological polar surface area (TPSA) is 316 Å². The highest BCUT2D eigenvalue weighted by Crippen LogP contribution is 2.64. The van der Waals surface area contributed by atoms with Crippen molar-refractivity contribution in [3.8, 4) is 0 Å². The van der Waals surface area contributed by atoms with Crippen LogP contribution in [0.25, 0.3) is 0 Å². The third-order valence-corrected chi connectivity index (χ3v) is 19.8. The minimum absolute atomic E-state index is 0.0262. The Hall–Kier alpha value is -5.46. The summed E-state index contributed by atoms with van der Waals surface area (Å²) in [4.78, 5) is 111. The van der Waals surface area contributed by atoms with Crippen molar-refractivity contribution >= 4 is 49.4 Å². The van der Waals surface area contributed by atoms with Gasteiger partial charge in [-0.05, 0) is 62.7 Å². The second-order valence-corrected chi connectivity index (χ2v) is 27.0. The molecule has 24 heteroatoms. The van der Waals surface area contributed by atoms with Gasteiger partial charge in [-0.2, -0.15) is 0 Å². The monoisotopic (exact) mass is 1300 g/mol. The molecule has 2 aromatic rings. The standard InChI is InChI=1S/C67H99N2O21P/c1-10-12-13-14-15-16-17-18-19-20-21-22-23-30-35-53(73)82-41-49(42-85-91(80,81)84-37-36-69(9)11-2)87-54(74)40-68-56(47-31-26-24-27-32-47)57(75)63(78)88-50-39-67(79)61(89-62(77)48-33-28-25-29-34-48)59-65(8,51(72)38-52-66(59,43-83-52)90-46(5)71)60(76)58(86-45(4)70)55(44(50)3)64(67,6)7/h24-29,31-34,49-52,56-59,61,68,72,75,79H,10-23,30,35-43H2,1-9H3,(H,80,81)/t49?,50-,51-,52+,56?,57+,58+,59?,61-,65+,66-,67+/m0/s1. The van der Waals surface area contributed by atoms with Crippen molar-refractivity contribution in [3.63, 3.8) is 0 Å². The number of fused-ring (bicyclic) bond motifs is 5. The van der Waals surface area contributed by atoms with Gasteiger partial charge in [-0.25, -0.2) is 14.2 Å². The van der Waals surface area contributed by atoms with E-state index in [4.69, 9.17) is 42.2 Å². The molecule has 508 valence electrons. The number of carbonyl (C=O) groups is 7. The van der Waals surface area contributed by atoms with E-state index in [9.17, 15) is 53.5 Å². The first kappa shape index (κ1) is 74.6. The van der Waals surface area contributed by atoms with Crippen LogP contribution in [0.5, 0.6) is 0 Å². The Morgan fingerprint density at radius 2 is 1.38 bits per heavy atom. The summed E-state index contributed by atoms with van der Waals surface area (Å²) >= 11 is 0. The summed E-state index contributed by atoms with van der Waals surface area (Å²) < 4.78 is 65.1. The molecule has 91 heavy (non-hydrogen) atoms. The van der Waals surface area contributed by atoms with Gasteiger partial charge >= 0.3 is 43.6 Å². The molecule has 0 amide bonds.